The van der Waals surface area contributed by atoms with E-state index in [9.17, 15) is 20.2 Å². The number of nitrogens with one attached hydrogen (secondary N) is 1. The van der Waals surface area contributed by atoms with Gasteiger partial charge in [0, 0.05) is 30.9 Å². The summed E-state index contributed by atoms with van der Waals surface area (Å²) >= 11 is 6.01. The molecule has 0 aliphatic heterocycles. The first-order chi connectivity index (χ1) is 13.3. The lowest BCUT2D eigenvalue weighted by molar-refractivity contribution is -0.384. The van der Waals surface area contributed by atoms with E-state index < -0.39 is 10.8 Å². The molecule has 7 nitrogen and oxygen atoms in total. The first kappa shape index (κ1) is 20.9. The Kier molecular flexibility index (Phi) is 7.13. The molecule has 1 amide bonds. The van der Waals surface area contributed by atoms with Gasteiger partial charge in [-0.1, -0.05) is 41.9 Å². The molecule has 0 aromatic heterocycles. The van der Waals surface area contributed by atoms with Crippen LogP contribution in [0.2, 0.25) is 5.02 Å². The Morgan fingerprint density at radius 1 is 1.32 bits per heavy atom. The number of hydrogen-bond acceptors (Lipinski definition) is 5. The predicted octanol–water partition coefficient (Wildman–Crippen LogP) is 4.50. The molecule has 0 heterocycles. The number of amides is 1. The molecule has 0 aliphatic rings. The van der Waals surface area contributed by atoms with Gasteiger partial charge in [0.1, 0.15) is 11.6 Å². The number of nitriles is 1. The van der Waals surface area contributed by atoms with Crippen molar-refractivity contribution in [1.29, 1.82) is 5.26 Å². The van der Waals surface area contributed by atoms with Crippen LogP contribution in [0.1, 0.15) is 19.4 Å². The summed E-state index contributed by atoms with van der Waals surface area (Å²) in [7, 11) is 0. The molecule has 2 rings (SSSR count). The van der Waals surface area contributed by atoms with E-state index in [1.165, 1.54) is 18.3 Å². The lowest BCUT2D eigenvalue weighted by Gasteiger charge is -2.25. The van der Waals surface area contributed by atoms with Crippen molar-refractivity contribution in [2.45, 2.75) is 26.4 Å². The average molecular weight is 399 g/mol. The molecule has 1 N–H and O–H groups in total. The van der Waals surface area contributed by atoms with E-state index in [1.54, 1.807) is 0 Å². The van der Waals surface area contributed by atoms with Crippen molar-refractivity contribution in [3.63, 3.8) is 0 Å². The number of nitro groups is 1. The standard InChI is InChI=1S/C20H19ClN4O3/c1-14(2)24(12-15-6-4-3-5-7-15)13-16(11-22)20(26)23-19-10-17(25(27)28)8-9-18(19)21/h3-10,13-14H,12H2,1-2H3,(H,23,26)/b16-13-. The molecule has 0 atom stereocenters. The smallest absolute Gasteiger partial charge is 0.271 e. The number of carbonyl (C=O) groups is 1. The van der Waals surface area contributed by atoms with Crippen LogP contribution in [0, 0.1) is 21.4 Å². The second-order valence-electron chi connectivity index (χ2n) is 6.28. The zero-order valence-corrected chi connectivity index (χ0v) is 16.2. The molecule has 0 saturated carbocycles. The number of nitrogens with zero attached hydrogens (tertiary/aromatic N) is 3. The lowest BCUT2D eigenvalue weighted by atomic mass is 10.2. The van der Waals surface area contributed by atoms with Crippen LogP contribution >= 0.6 is 11.6 Å². The maximum Gasteiger partial charge on any atom is 0.271 e. The van der Waals surface area contributed by atoms with Gasteiger partial charge >= 0.3 is 0 Å². The normalized spacial score (nSPS) is 11.0. The van der Waals surface area contributed by atoms with E-state index in [-0.39, 0.29) is 28.0 Å². The van der Waals surface area contributed by atoms with E-state index in [0.717, 1.165) is 11.6 Å². The third-order valence-corrected chi connectivity index (χ3v) is 4.27. The molecule has 2 aromatic rings. The number of carbonyl (C=O) groups excluding carboxylic acids is 1. The third-order valence-electron chi connectivity index (χ3n) is 3.94. The zero-order chi connectivity index (χ0) is 20.7. The molecule has 8 heteroatoms. The van der Waals surface area contributed by atoms with Crippen LogP contribution in [0.4, 0.5) is 11.4 Å². The maximum atomic E-state index is 12.5. The van der Waals surface area contributed by atoms with Crippen LogP contribution in [-0.4, -0.2) is 21.8 Å². The molecule has 0 bridgehead atoms. The minimum Gasteiger partial charge on any atom is -0.369 e. The van der Waals surface area contributed by atoms with Gasteiger partial charge in [-0.05, 0) is 25.5 Å². The number of rotatable bonds is 7. The molecular weight excluding hydrogens is 380 g/mol. The zero-order valence-electron chi connectivity index (χ0n) is 15.4. The summed E-state index contributed by atoms with van der Waals surface area (Å²) in [5, 5.41) is 23.0. The van der Waals surface area contributed by atoms with Crippen molar-refractivity contribution >= 4 is 28.9 Å². The fourth-order valence-electron chi connectivity index (χ4n) is 2.39. The van der Waals surface area contributed by atoms with Gasteiger partial charge in [-0.2, -0.15) is 5.26 Å². The molecule has 28 heavy (non-hydrogen) atoms. The fraction of sp³-hybridized carbons (Fsp3) is 0.200. The Labute approximate surface area is 168 Å². The maximum absolute atomic E-state index is 12.5. The highest BCUT2D eigenvalue weighted by molar-refractivity contribution is 6.34. The van der Waals surface area contributed by atoms with Gasteiger partial charge in [-0.15, -0.1) is 0 Å². The summed E-state index contributed by atoms with van der Waals surface area (Å²) in [5.41, 5.74) is 0.760. The molecule has 0 spiro atoms. The van der Waals surface area contributed by atoms with Crippen molar-refractivity contribution in [2.75, 3.05) is 5.32 Å². The van der Waals surface area contributed by atoms with Crippen LogP contribution in [0.3, 0.4) is 0 Å². The minimum atomic E-state index is -0.691. The Balaban J connectivity index is 2.25. The quantitative estimate of drug-likeness (QED) is 0.320. The van der Waals surface area contributed by atoms with Gasteiger partial charge in [0.2, 0.25) is 0 Å². The number of halogens is 1. The van der Waals surface area contributed by atoms with Crippen molar-refractivity contribution in [3.05, 3.63) is 81.0 Å². The summed E-state index contributed by atoms with van der Waals surface area (Å²) in [6, 6.07) is 15.3. The first-order valence-electron chi connectivity index (χ1n) is 8.48. The molecule has 0 fully saturated rings. The van der Waals surface area contributed by atoms with E-state index in [0.29, 0.717) is 6.54 Å². The van der Waals surface area contributed by atoms with E-state index in [4.69, 9.17) is 11.6 Å². The number of non-ortho nitro benzene ring substituents is 1. The van der Waals surface area contributed by atoms with Crippen LogP contribution in [0.25, 0.3) is 0 Å². The van der Waals surface area contributed by atoms with Crippen LogP contribution in [0.5, 0.6) is 0 Å². The highest BCUT2D eigenvalue weighted by Crippen LogP contribution is 2.27. The SMILES string of the molecule is CC(C)N(/C=C(/C#N)C(=O)Nc1cc([N+](=O)[O-])ccc1Cl)Cc1ccccc1. The minimum absolute atomic E-state index is 0.0396. The molecule has 0 saturated heterocycles. The van der Waals surface area contributed by atoms with E-state index in [2.05, 4.69) is 5.32 Å². The Hall–Kier alpha value is -3.37. The first-order valence-corrected chi connectivity index (χ1v) is 8.86. The second-order valence-corrected chi connectivity index (χ2v) is 6.69. The number of nitro benzene ring substituents is 1. The number of benzene rings is 2. The van der Waals surface area contributed by atoms with E-state index in [1.807, 2.05) is 55.1 Å². The average Bonchev–Trinajstić information content (AvgIpc) is 2.67. The van der Waals surface area contributed by atoms with Crippen molar-refractivity contribution in [3.8, 4) is 6.07 Å². The van der Waals surface area contributed by atoms with Crippen molar-refractivity contribution in [2.24, 2.45) is 0 Å². The second kappa shape index (κ2) is 9.53. The van der Waals surface area contributed by atoms with Crippen LogP contribution in [-0.2, 0) is 11.3 Å². The van der Waals surface area contributed by atoms with Gasteiger partial charge in [0.25, 0.3) is 11.6 Å². The Bertz CT molecular complexity index is 936. The van der Waals surface area contributed by atoms with Gasteiger partial charge in [0.15, 0.2) is 0 Å². The fourth-order valence-corrected chi connectivity index (χ4v) is 2.55. The largest absolute Gasteiger partial charge is 0.369 e. The van der Waals surface area contributed by atoms with Gasteiger partial charge in [-0.3, -0.25) is 14.9 Å². The summed E-state index contributed by atoms with van der Waals surface area (Å²) in [5.74, 6) is -0.691. The number of anilines is 1. The van der Waals surface area contributed by atoms with Gasteiger partial charge in [0.05, 0.1) is 15.6 Å². The summed E-state index contributed by atoms with van der Waals surface area (Å²) in [6.45, 7) is 4.42. The molecule has 0 radical (unpaired) electrons. The molecule has 0 unspecified atom stereocenters. The Morgan fingerprint density at radius 3 is 2.57 bits per heavy atom. The molecule has 2 aromatic carbocycles. The summed E-state index contributed by atoms with van der Waals surface area (Å²) in [6.07, 6.45) is 1.48. The van der Waals surface area contributed by atoms with E-state index >= 15 is 0 Å². The summed E-state index contributed by atoms with van der Waals surface area (Å²) < 4.78 is 0. The molecular formula is C20H19ClN4O3. The molecule has 0 aliphatic carbocycles. The Morgan fingerprint density at radius 2 is 2.00 bits per heavy atom. The van der Waals surface area contributed by atoms with Crippen molar-refractivity contribution < 1.29 is 9.72 Å². The number of hydrogen-bond donors (Lipinski definition) is 1. The highest BCUT2D eigenvalue weighted by Gasteiger charge is 2.17. The van der Waals surface area contributed by atoms with Crippen LogP contribution < -0.4 is 5.32 Å². The van der Waals surface area contributed by atoms with Crippen LogP contribution in [0.15, 0.2) is 60.3 Å². The summed E-state index contributed by atoms with van der Waals surface area (Å²) in [4.78, 5) is 24.7. The predicted molar refractivity (Wildman–Crippen MR) is 108 cm³/mol. The topological polar surface area (TPSA) is 99.3 Å². The lowest BCUT2D eigenvalue weighted by Crippen LogP contribution is -2.27. The van der Waals surface area contributed by atoms with Crippen molar-refractivity contribution in [1.82, 2.24) is 4.90 Å². The monoisotopic (exact) mass is 398 g/mol. The van der Waals surface area contributed by atoms with Gasteiger partial charge in [-0.25, -0.2) is 0 Å². The van der Waals surface area contributed by atoms with Gasteiger partial charge < -0.3 is 10.2 Å². The molecule has 144 valence electrons. The third kappa shape index (κ3) is 5.56. The highest BCUT2D eigenvalue weighted by atomic mass is 35.5.